The molecule has 2 amide bonds. The first-order valence-corrected chi connectivity index (χ1v) is 8.88. The third-order valence-electron chi connectivity index (χ3n) is 5.01. The lowest BCUT2D eigenvalue weighted by atomic mass is 9.92. The van der Waals surface area contributed by atoms with Gasteiger partial charge in [0, 0.05) is 43.3 Å². The van der Waals surface area contributed by atoms with Crippen molar-refractivity contribution in [2.45, 2.75) is 31.7 Å². The number of nitrogens with zero attached hydrogens (tertiary/aromatic N) is 2. The molecule has 7 heteroatoms. The van der Waals surface area contributed by atoms with Crippen LogP contribution in [0.3, 0.4) is 0 Å². The average molecular weight is 364 g/mol. The van der Waals surface area contributed by atoms with Gasteiger partial charge in [0.05, 0.1) is 12.0 Å². The van der Waals surface area contributed by atoms with E-state index in [1.54, 1.807) is 6.92 Å². The molecule has 2 fully saturated rings. The second kappa shape index (κ2) is 7.04. The van der Waals surface area contributed by atoms with E-state index in [4.69, 9.17) is 11.6 Å². The average Bonchev–Trinajstić information content (AvgIpc) is 2.86. The van der Waals surface area contributed by atoms with Crippen molar-refractivity contribution in [3.8, 4) is 0 Å². The fraction of sp³-hybridized carbons (Fsp3) is 0.500. The van der Waals surface area contributed by atoms with Gasteiger partial charge in [-0.25, -0.2) is 0 Å². The number of benzene rings is 1. The van der Waals surface area contributed by atoms with Crippen LogP contribution in [0.25, 0.3) is 0 Å². The summed E-state index contributed by atoms with van der Waals surface area (Å²) in [7, 11) is 0. The Kier molecular flexibility index (Phi) is 4.99. The number of ketones is 1. The Labute approximate surface area is 152 Å². The van der Waals surface area contributed by atoms with Crippen LogP contribution in [0.1, 0.15) is 26.2 Å². The summed E-state index contributed by atoms with van der Waals surface area (Å²) < 4.78 is 0. The molecule has 3 rings (SSSR count). The van der Waals surface area contributed by atoms with Crippen LogP contribution in [0.5, 0.6) is 0 Å². The third kappa shape index (κ3) is 3.95. The van der Waals surface area contributed by atoms with Crippen LogP contribution < -0.4 is 10.2 Å². The van der Waals surface area contributed by atoms with Crippen LogP contribution in [0.2, 0.25) is 5.02 Å². The molecule has 1 atom stereocenters. The highest BCUT2D eigenvalue weighted by molar-refractivity contribution is 6.30. The lowest BCUT2D eigenvalue weighted by Crippen LogP contribution is -2.50. The number of piperazine rings is 1. The fourth-order valence-electron chi connectivity index (χ4n) is 3.35. The first kappa shape index (κ1) is 17.7. The zero-order chi connectivity index (χ0) is 18.0. The number of halogens is 1. The summed E-state index contributed by atoms with van der Waals surface area (Å²) in [5.41, 5.74) is 0.209. The number of rotatable bonds is 4. The minimum atomic E-state index is -0.891. The van der Waals surface area contributed by atoms with Crippen LogP contribution in [-0.4, -0.2) is 54.2 Å². The van der Waals surface area contributed by atoms with E-state index < -0.39 is 5.54 Å². The molecule has 0 bridgehead atoms. The van der Waals surface area contributed by atoms with Gasteiger partial charge in [0.15, 0.2) is 5.78 Å². The van der Waals surface area contributed by atoms with E-state index in [9.17, 15) is 14.4 Å². The molecule has 25 heavy (non-hydrogen) atoms. The molecule has 0 spiro atoms. The van der Waals surface area contributed by atoms with E-state index in [-0.39, 0.29) is 30.4 Å². The van der Waals surface area contributed by atoms with E-state index in [1.807, 2.05) is 29.2 Å². The SMILES string of the molecule is CC1(CCC(=O)N2CCN(c3ccc(Cl)cc3)CC2)NC(=O)CC1=O. The maximum absolute atomic E-state index is 12.4. The lowest BCUT2D eigenvalue weighted by molar-refractivity contribution is -0.132. The molecule has 0 radical (unpaired) electrons. The highest BCUT2D eigenvalue weighted by Gasteiger charge is 2.41. The summed E-state index contributed by atoms with van der Waals surface area (Å²) in [4.78, 5) is 39.8. The number of Topliss-reactive ketones (excluding diaryl/α,β-unsaturated/α-hetero) is 1. The summed E-state index contributed by atoms with van der Waals surface area (Å²) >= 11 is 5.91. The molecule has 1 aromatic carbocycles. The molecule has 2 heterocycles. The van der Waals surface area contributed by atoms with Gasteiger partial charge in [-0.1, -0.05) is 11.6 Å². The zero-order valence-electron chi connectivity index (χ0n) is 14.3. The number of amides is 2. The summed E-state index contributed by atoms with van der Waals surface area (Å²) in [5, 5.41) is 3.40. The Bertz CT molecular complexity index is 683. The maximum atomic E-state index is 12.4. The molecule has 0 saturated carbocycles. The van der Waals surface area contributed by atoms with Gasteiger partial charge in [0.2, 0.25) is 11.8 Å². The first-order valence-electron chi connectivity index (χ1n) is 8.50. The second-order valence-corrected chi connectivity index (χ2v) is 7.26. The molecule has 1 N–H and O–H groups in total. The van der Waals surface area contributed by atoms with Gasteiger partial charge in [-0.3, -0.25) is 14.4 Å². The molecule has 1 aromatic rings. The highest BCUT2D eigenvalue weighted by Crippen LogP contribution is 2.23. The van der Waals surface area contributed by atoms with Gasteiger partial charge >= 0.3 is 0 Å². The predicted molar refractivity (Wildman–Crippen MR) is 95.7 cm³/mol. The van der Waals surface area contributed by atoms with Gasteiger partial charge in [-0.05, 0) is 37.6 Å². The topological polar surface area (TPSA) is 69.7 Å². The van der Waals surface area contributed by atoms with Crippen molar-refractivity contribution in [3.05, 3.63) is 29.3 Å². The Morgan fingerprint density at radius 1 is 1.16 bits per heavy atom. The Morgan fingerprint density at radius 3 is 2.36 bits per heavy atom. The van der Waals surface area contributed by atoms with Crippen molar-refractivity contribution >= 4 is 34.9 Å². The van der Waals surface area contributed by atoms with Crippen molar-refractivity contribution < 1.29 is 14.4 Å². The van der Waals surface area contributed by atoms with Crippen molar-refractivity contribution in [1.82, 2.24) is 10.2 Å². The van der Waals surface area contributed by atoms with Crippen LogP contribution in [0, 0.1) is 0 Å². The monoisotopic (exact) mass is 363 g/mol. The van der Waals surface area contributed by atoms with Crippen molar-refractivity contribution in [1.29, 1.82) is 0 Å². The van der Waals surface area contributed by atoms with E-state index in [2.05, 4.69) is 10.2 Å². The normalized spacial score (nSPS) is 23.8. The van der Waals surface area contributed by atoms with Gasteiger partial charge < -0.3 is 15.1 Å². The predicted octanol–water partition coefficient (Wildman–Crippen LogP) is 1.62. The standard InChI is InChI=1S/C18H22ClN3O3/c1-18(15(23)12-16(24)20-18)7-6-17(25)22-10-8-21(9-11-22)14-4-2-13(19)3-5-14/h2-5H,6-12H2,1H3,(H,20,24). The Morgan fingerprint density at radius 2 is 1.80 bits per heavy atom. The Balaban J connectivity index is 1.49. The molecule has 1 unspecified atom stereocenters. The third-order valence-corrected chi connectivity index (χ3v) is 5.27. The van der Waals surface area contributed by atoms with E-state index in [0.717, 1.165) is 18.8 Å². The number of hydrogen-bond acceptors (Lipinski definition) is 4. The highest BCUT2D eigenvalue weighted by atomic mass is 35.5. The molecular weight excluding hydrogens is 342 g/mol. The number of nitrogens with one attached hydrogen (secondary N) is 1. The Hall–Kier alpha value is -2.08. The molecule has 6 nitrogen and oxygen atoms in total. The maximum Gasteiger partial charge on any atom is 0.228 e. The van der Waals surface area contributed by atoms with Crippen molar-refractivity contribution in [3.63, 3.8) is 0 Å². The van der Waals surface area contributed by atoms with Gasteiger partial charge in [-0.2, -0.15) is 0 Å². The number of carbonyl (C=O) groups is 3. The molecule has 0 aromatic heterocycles. The largest absolute Gasteiger partial charge is 0.368 e. The summed E-state index contributed by atoms with van der Waals surface area (Å²) in [6.07, 6.45) is 0.543. The van der Waals surface area contributed by atoms with Crippen LogP contribution in [-0.2, 0) is 14.4 Å². The molecule has 2 aliphatic heterocycles. The molecule has 2 aliphatic rings. The van der Waals surface area contributed by atoms with E-state index >= 15 is 0 Å². The lowest BCUT2D eigenvalue weighted by Gasteiger charge is -2.36. The van der Waals surface area contributed by atoms with E-state index in [0.29, 0.717) is 24.5 Å². The first-order chi connectivity index (χ1) is 11.9. The summed E-state index contributed by atoms with van der Waals surface area (Å²) in [6, 6.07) is 7.69. The molecular formula is C18H22ClN3O3. The smallest absolute Gasteiger partial charge is 0.228 e. The second-order valence-electron chi connectivity index (χ2n) is 6.82. The van der Waals surface area contributed by atoms with E-state index in [1.165, 1.54) is 0 Å². The fourth-order valence-corrected chi connectivity index (χ4v) is 3.47. The molecule has 0 aliphatic carbocycles. The van der Waals surface area contributed by atoms with Crippen molar-refractivity contribution in [2.24, 2.45) is 0 Å². The van der Waals surface area contributed by atoms with Gasteiger partial charge in [-0.15, -0.1) is 0 Å². The molecule has 134 valence electrons. The molecule has 2 saturated heterocycles. The quantitative estimate of drug-likeness (QED) is 0.825. The number of carbonyl (C=O) groups excluding carboxylic acids is 3. The van der Waals surface area contributed by atoms with Gasteiger partial charge in [0.1, 0.15) is 0 Å². The van der Waals surface area contributed by atoms with Crippen LogP contribution in [0.15, 0.2) is 24.3 Å². The number of hydrogen-bond donors (Lipinski definition) is 1. The summed E-state index contributed by atoms with van der Waals surface area (Å²) in [5.74, 6) is -0.347. The van der Waals surface area contributed by atoms with Gasteiger partial charge in [0.25, 0.3) is 0 Å². The number of anilines is 1. The van der Waals surface area contributed by atoms with Crippen molar-refractivity contribution in [2.75, 3.05) is 31.1 Å². The summed E-state index contributed by atoms with van der Waals surface area (Å²) in [6.45, 7) is 4.53. The minimum absolute atomic E-state index is 0.0333. The van der Waals surface area contributed by atoms with Crippen LogP contribution in [0.4, 0.5) is 5.69 Å². The minimum Gasteiger partial charge on any atom is -0.368 e. The zero-order valence-corrected chi connectivity index (χ0v) is 15.0. The van der Waals surface area contributed by atoms with Crippen LogP contribution >= 0.6 is 11.6 Å².